The standard InChI is InChI=1S/C11H20N2O3/c1-3-16-11(15)7-9(2)13-6-4-5-12-10(14)8-13/h9H,3-8H2,1-2H3,(H,12,14). The van der Waals surface area contributed by atoms with E-state index in [1.54, 1.807) is 6.92 Å². The van der Waals surface area contributed by atoms with Crippen molar-refractivity contribution < 1.29 is 14.3 Å². The van der Waals surface area contributed by atoms with Gasteiger partial charge in [-0.2, -0.15) is 0 Å². The molecular weight excluding hydrogens is 208 g/mol. The molecule has 1 N–H and O–H groups in total. The van der Waals surface area contributed by atoms with Crippen LogP contribution in [0.15, 0.2) is 0 Å². The maximum absolute atomic E-state index is 11.3. The molecule has 0 saturated carbocycles. The van der Waals surface area contributed by atoms with Crippen molar-refractivity contribution in [1.29, 1.82) is 0 Å². The summed E-state index contributed by atoms with van der Waals surface area (Å²) in [6, 6.07) is 0.0582. The lowest BCUT2D eigenvalue weighted by Crippen LogP contribution is -2.40. The van der Waals surface area contributed by atoms with Gasteiger partial charge in [-0.1, -0.05) is 0 Å². The smallest absolute Gasteiger partial charge is 0.307 e. The van der Waals surface area contributed by atoms with Gasteiger partial charge in [0, 0.05) is 19.1 Å². The number of carbonyl (C=O) groups excluding carboxylic acids is 2. The molecule has 1 aliphatic heterocycles. The van der Waals surface area contributed by atoms with Gasteiger partial charge in [0.15, 0.2) is 0 Å². The first kappa shape index (κ1) is 13.0. The molecule has 1 heterocycles. The molecule has 0 aromatic rings. The van der Waals surface area contributed by atoms with Crippen LogP contribution in [0.5, 0.6) is 0 Å². The van der Waals surface area contributed by atoms with E-state index in [1.807, 2.05) is 11.8 Å². The van der Waals surface area contributed by atoms with Crippen LogP contribution in [0.1, 0.15) is 26.7 Å². The number of rotatable bonds is 4. The van der Waals surface area contributed by atoms with Gasteiger partial charge in [0.1, 0.15) is 0 Å². The van der Waals surface area contributed by atoms with Crippen molar-refractivity contribution in [3.05, 3.63) is 0 Å². The minimum atomic E-state index is -0.195. The highest BCUT2D eigenvalue weighted by atomic mass is 16.5. The average molecular weight is 228 g/mol. The third-order valence-electron chi connectivity index (χ3n) is 2.68. The summed E-state index contributed by atoms with van der Waals surface area (Å²) in [4.78, 5) is 24.7. The Bertz CT molecular complexity index is 256. The molecule has 5 heteroatoms. The Morgan fingerprint density at radius 3 is 3.06 bits per heavy atom. The molecule has 1 unspecified atom stereocenters. The number of esters is 1. The third-order valence-corrected chi connectivity index (χ3v) is 2.68. The van der Waals surface area contributed by atoms with Gasteiger partial charge >= 0.3 is 5.97 Å². The van der Waals surface area contributed by atoms with Crippen molar-refractivity contribution in [3.8, 4) is 0 Å². The topological polar surface area (TPSA) is 58.6 Å². The van der Waals surface area contributed by atoms with Crippen LogP contribution in [-0.2, 0) is 14.3 Å². The first-order valence-electron chi connectivity index (χ1n) is 5.80. The van der Waals surface area contributed by atoms with Crippen LogP contribution in [0, 0.1) is 0 Å². The Labute approximate surface area is 96.1 Å². The zero-order valence-corrected chi connectivity index (χ0v) is 9.99. The summed E-state index contributed by atoms with van der Waals surface area (Å²) >= 11 is 0. The molecule has 0 aliphatic carbocycles. The molecule has 0 spiro atoms. The molecule has 1 fully saturated rings. The maximum atomic E-state index is 11.3. The van der Waals surface area contributed by atoms with Gasteiger partial charge in [-0.15, -0.1) is 0 Å². The highest BCUT2D eigenvalue weighted by molar-refractivity contribution is 5.78. The molecule has 1 saturated heterocycles. The normalized spacial score (nSPS) is 19.8. The molecule has 92 valence electrons. The monoisotopic (exact) mass is 228 g/mol. The lowest BCUT2D eigenvalue weighted by atomic mass is 10.2. The Hall–Kier alpha value is -1.10. The van der Waals surface area contributed by atoms with E-state index in [2.05, 4.69) is 5.32 Å². The highest BCUT2D eigenvalue weighted by Crippen LogP contribution is 2.07. The second-order valence-electron chi connectivity index (χ2n) is 4.03. The molecular formula is C11H20N2O3. The predicted molar refractivity (Wildman–Crippen MR) is 59.9 cm³/mol. The number of hydrogen-bond acceptors (Lipinski definition) is 4. The fraction of sp³-hybridized carbons (Fsp3) is 0.818. The molecule has 0 aromatic heterocycles. The first-order valence-corrected chi connectivity index (χ1v) is 5.80. The van der Waals surface area contributed by atoms with Crippen LogP contribution in [0.3, 0.4) is 0 Å². The Morgan fingerprint density at radius 1 is 1.62 bits per heavy atom. The average Bonchev–Trinajstić information content (AvgIpc) is 2.43. The van der Waals surface area contributed by atoms with E-state index in [0.717, 1.165) is 19.5 Å². The first-order chi connectivity index (χ1) is 7.63. The maximum Gasteiger partial charge on any atom is 0.307 e. The summed E-state index contributed by atoms with van der Waals surface area (Å²) in [7, 11) is 0. The van der Waals surface area contributed by atoms with Gasteiger partial charge in [-0.05, 0) is 20.3 Å². The van der Waals surface area contributed by atoms with E-state index in [-0.39, 0.29) is 17.9 Å². The van der Waals surface area contributed by atoms with Crippen LogP contribution < -0.4 is 5.32 Å². The number of carbonyl (C=O) groups is 2. The van der Waals surface area contributed by atoms with Crippen molar-refractivity contribution in [2.24, 2.45) is 0 Å². The Kier molecular flexibility index (Phi) is 5.25. The minimum Gasteiger partial charge on any atom is -0.466 e. The second-order valence-corrected chi connectivity index (χ2v) is 4.03. The van der Waals surface area contributed by atoms with Crippen molar-refractivity contribution in [1.82, 2.24) is 10.2 Å². The van der Waals surface area contributed by atoms with Gasteiger partial charge < -0.3 is 10.1 Å². The number of nitrogens with one attached hydrogen (secondary N) is 1. The zero-order chi connectivity index (χ0) is 12.0. The van der Waals surface area contributed by atoms with Gasteiger partial charge in [0.2, 0.25) is 5.91 Å². The SMILES string of the molecule is CCOC(=O)CC(C)N1CCCNC(=O)C1. The molecule has 0 radical (unpaired) electrons. The molecule has 1 rings (SSSR count). The zero-order valence-electron chi connectivity index (χ0n) is 9.99. The summed E-state index contributed by atoms with van der Waals surface area (Å²) in [6.07, 6.45) is 1.28. The van der Waals surface area contributed by atoms with E-state index < -0.39 is 0 Å². The summed E-state index contributed by atoms with van der Waals surface area (Å²) < 4.78 is 4.90. The van der Waals surface area contributed by atoms with Crippen molar-refractivity contribution in [3.63, 3.8) is 0 Å². The number of hydrogen-bond donors (Lipinski definition) is 1. The van der Waals surface area contributed by atoms with E-state index >= 15 is 0 Å². The van der Waals surface area contributed by atoms with Gasteiger partial charge in [0.25, 0.3) is 0 Å². The minimum absolute atomic E-state index is 0.0354. The van der Waals surface area contributed by atoms with Crippen molar-refractivity contribution >= 4 is 11.9 Å². The molecule has 16 heavy (non-hydrogen) atoms. The van der Waals surface area contributed by atoms with Crippen LogP contribution in [0.4, 0.5) is 0 Å². The fourth-order valence-corrected chi connectivity index (χ4v) is 1.80. The summed E-state index contributed by atoms with van der Waals surface area (Å²) in [5, 5.41) is 2.81. The van der Waals surface area contributed by atoms with Crippen LogP contribution >= 0.6 is 0 Å². The lowest BCUT2D eigenvalue weighted by Gasteiger charge is -2.25. The number of nitrogens with zero attached hydrogens (tertiary/aromatic N) is 1. The van der Waals surface area contributed by atoms with Crippen LogP contribution in [-0.4, -0.2) is 49.1 Å². The molecule has 0 bridgehead atoms. The van der Waals surface area contributed by atoms with E-state index in [1.165, 1.54) is 0 Å². The lowest BCUT2D eigenvalue weighted by molar-refractivity contribution is -0.144. The van der Waals surface area contributed by atoms with Gasteiger partial charge in [0.05, 0.1) is 19.6 Å². The van der Waals surface area contributed by atoms with E-state index in [0.29, 0.717) is 19.6 Å². The molecule has 0 aromatic carbocycles. The van der Waals surface area contributed by atoms with Crippen LogP contribution in [0.25, 0.3) is 0 Å². The highest BCUT2D eigenvalue weighted by Gasteiger charge is 2.21. The third kappa shape index (κ3) is 4.18. The van der Waals surface area contributed by atoms with Crippen molar-refractivity contribution in [2.75, 3.05) is 26.2 Å². The van der Waals surface area contributed by atoms with E-state index in [9.17, 15) is 9.59 Å². The molecule has 1 amide bonds. The molecule has 1 aliphatic rings. The summed E-state index contributed by atoms with van der Waals surface area (Å²) in [5.41, 5.74) is 0. The predicted octanol–water partition coefficient (Wildman–Crippen LogP) is 0.150. The quantitative estimate of drug-likeness (QED) is 0.696. The largest absolute Gasteiger partial charge is 0.466 e. The fourth-order valence-electron chi connectivity index (χ4n) is 1.80. The van der Waals surface area contributed by atoms with Crippen LogP contribution in [0.2, 0.25) is 0 Å². The van der Waals surface area contributed by atoms with Gasteiger partial charge in [-0.3, -0.25) is 14.5 Å². The van der Waals surface area contributed by atoms with Gasteiger partial charge in [-0.25, -0.2) is 0 Å². The molecule has 1 atom stereocenters. The van der Waals surface area contributed by atoms with E-state index in [4.69, 9.17) is 4.74 Å². The van der Waals surface area contributed by atoms with Crippen molar-refractivity contribution in [2.45, 2.75) is 32.7 Å². The Morgan fingerprint density at radius 2 is 2.38 bits per heavy atom. The molecule has 5 nitrogen and oxygen atoms in total. The summed E-state index contributed by atoms with van der Waals surface area (Å²) in [5.74, 6) is -0.159. The second kappa shape index (κ2) is 6.48. The summed E-state index contributed by atoms with van der Waals surface area (Å²) in [6.45, 7) is 6.10. The number of amides is 1. The number of ether oxygens (including phenoxy) is 1. The Balaban J connectivity index is 2.42.